The summed E-state index contributed by atoms with van der Waals surface area (Å²) in [4.78, 5) is 4.06. The number of anilines is 1. The van der Waals surface area contributed by atoms with Crippen LogP contribution in [0.3, 0.4) is 0 Å². The van der Waals surface area contributed by atoms with Crippen molar-refractivity contribution in [3.8, 4) is 5.69 Å². The summed E-state index contributed by atoms with van der Waals surface area (Å²) in [6.07, 6.45) is 5.99. The molecule has 82 valence electrons. The summed E-state index contributed by atoms with van der Waals surface area (Å²) in [5, 5.41) is 8.28. The molecule has 3 rings (SSSR count). The van der Waals surface area contributed by atoms with E-state index in [-0.39, 0.29) is 0 Å². The monoisotopic (exact) mass is 214 g/mol. The lowest BCUT2D eigenvalue weighted by molar-refractivity contribution is 0.751. The summed E-state index contributed by atoms with van der Waals surface area (Å²) in [6.45, 7) is 2.33. The van der Waals surface area contributed by atoms with Crippen LogP contribution >= 0.6 is 0 Å². The molecule has 0 bridgehead atoms. The molecule has 0 N–H and O–H groups in total. The van der Waals surface area contributed by atoms with Crippen LogP contribution in [0, 0.1) is 0 Å². The molecule has 1 fully saturated rings. The fourth-order valence-electron chi connectivity index (χ4n) is 2.14. The Balaban J connectivity index is 1.93. The predicted molar refractivity (Wildman–Crippen MR) is 62.8 cm³/mol. The maximum Gasteiger partial charge on any atom is 0.0877 e. The van der Waals surface area contributed by atoms with Gasteiger partial charge in [0.1, 0.15) is 0 Å². The predicted octanol–water partition coefficient (Wildman–Crippen LogP) is 1.87. The molecule has 1 aromatic heterocycles. The molecular formula is C12H14N4. The van der Waals surface area contributed by atoms with Gasteiger partial charge in [-0.05, 0) is 31.0 Å². The highest BCUT2D eigenvalue weighted by molar-refractivity contribution is 5.53. The first-order chi connectivity index (χ1) is 7.93. The van der Waals surface area contributed by atoms with E-state index >= 15 is 0 Å². The Labute approximate surface area is 94.5 Å². The van der Waals surface area contributed by atoms with Crippen LogP contribution in [0.1, 0.15) is 12.8 Å². The van der Waals surface area contributed by atoms with E-state index in [1.807, 2.05) is 6.07 Å². The van der Waals surface area contributed by atoms with E-state index in [1.165, 1.54) is 18.5 Å². The number of hydrogen-bond acceptors (Lipinski definition) is 3. The summed E-state index contributed by atoms with van der Waals surface area (Å²) in [7, 11) is 0. The lowest BCUT2D eigenvalue weighted by Crippen LogP contribution is -2.17. The molecule has 0 radical (unpaired) electrons. The fourth-order valence-corrected chi connectivity index (χ4v) is 2.14. The van der Waals surface area contributed by atoms with Crippen molar-refractivity contribution in [2.24, 2.45) is 0 Å². The van der Waals surface area contributed by atoms with Crippen LogP contribution in [0.5, 0.6) is 0 Å². The van der Waals surface area contributed by atoms with E-state index in [4.69, 9.17) is 0 Å². The molecule has 0 saturated carbocycles. The maximum absolute atomic E-state index is 4.14. The molecule has 4 nitrogen and oxygen atoms in total. The zero-order valence-corrected chi connectivity index (χ0v) is 9.08. The second kappa shape index (κ2) is 3.96. The molecule has 1 aliphatic rings. The third-order valence-electron chi connectivity index (χ3n) is 2.95. The standard InChI is InChI=1S/C12H14N4/c1-2-9-15(8-1)11-4-3-5-12(10-11)16-13-6-7-14-16/h3-7,10H,1-2,8-9H2. The van der Waals surface area contributed by atoms with Crippen molar-refractivity contribution < 1.29 is 0 Å². The fraction of sp³-hybridized carbons (Fsp3) is 0.333. The van der Waals surface area contributed by atoms with E-state index in [1.54, 1.807) is 17.2 Å². The molecule has 4 heteroatoms. The maximum atomic E-state index is 4.14. The van der Waals surface area contributed by atoms with Crippen LogP contribution in [-0.4, -0.2) is 28.1 Å². The lowest BCUT2D eigenvalue weighted by atomic mass is 10.2. The summed E-state index contributed by atoms with van der Waals surface area (Å²) >= 11 is 0. The Hall–Kier alpha value is -1.84. The van der Waals surface area contributed by atoms with Gasteiger partial charge >= 0.3 is 0 Å². The third kappa shape index (κ3) is 1.66. The molecule has 2 aromatic rings. The van der Waals surface area contributed by atoms with Gasteiger partial charge in [-0.3, -0.25) is 0 Å². The second-order valence-corrected chi connectivity index (χ2v) is 4.03. The first kappa shape index (κ1) is 9.39. The highest BCUT2D eigenvalue weighted by Gasteiger charge is 2.12. The van der Waals surface area contributed by atoms with Gasteiger partial charge in [-0.25, -0.2) is 0 Å². The van der Waals surface area contributed by atoms with E-state index in [0.29, 0.717) is 0 Å². The summed E-state index contributed by atoms with van der Waals surface area (Å²) in [5.74, 6) is 0. The smallest absolute Gasteiger partial charge is 0.0877 e. The lowest BCUT2D eigenvalue weighted by Gasteiger charge is -2.17. The van der Waals surface area contributed by atoms with Crippen LogP contribution in [0.15, 0.2) is 36.7 Å². The SMILES string of the molecule is c1cc(N2CCCC2)cc(-n2nccn2)c1. The van der Waals surface area contributed by atoms with Crippen LogP contribution in [0.25, 0.3) is 5.69 Å². The quantitative estimate of drug-likeness (QED) is 0.765. The van der Waals surface area contributed by atoms with Gasteiger partial charge in [-0.15, -0.1) is 0 Å². The van der Waals surface area contributed by atoms with Gasteiger partial charge in [0.15, 0.2) is 0 Å². The van der Waals surface area contributed by atoms with E-state index in [9.17, 15) is 0 Å². The molecule has 0 amide bonds. The first-order valence-electron chi connectivity index (χ1n) is 5.65. The van der Waals surface area contributed by atoms with Gasteiger partial charge in [0.2, 0.25) is 0 Å². The van der Waals surface area contributed by atoms with Crippen LogP contribution in [-0.2, 0) is 0 Å². The summed E-state index contributed by atoms with van der Waals surface area (Å²) in [5.41, 5.74) is 2.29. The Bertz CT molecular complexity index is 458. The zero-order chi connectivity index (χ0) is 10.8. The molecule has 0 unspecified atom stereocenters. The number of hydrogen-bond donors (Lipinski definition) is 0. The van der Waals surface area contributed by atoms with Gasteiger partial charge in [0.05, 0.1) is 18.1 Å². The topological polar surface area (TPSA) is 34.0 Å². The van der Waals surface area contributed by atoms with Crippen molar-refractivity contribution in [2.45, 2.75) is 12.8 Å². The van der Waals surface area contributed by atoms with E-state index in [2.05, 4.69) is 33.3 Å². The Morgan fingerprint density at radius 1 is 0.938 bits per heavy atom. The summed E-state index contributed by atoms with van der Waals surface area (Å²) < 4.78 is 0. The molecule has 1 saturated heterocycles. The second-order valence-electron chi connectivity index (χ2n) is 4.03. The molecule has 0 atom stereocenters. The largest absolute Gasteiger partial charge is 0.371 e. The molecule has 0 spiro atoms. The van der Waals surface area contributed by atoms with Crippen molar-refractivity contribution in [3.05, 3.63) is 36.7 Å². The zero-order valence-electron chi connectivity index (χ0n) is 9.08. The van der Waals surface area contributed by atoms with Gasteiger partial charge in [0.25, 0.3) is 0 Å². The van der Waals surface area contributed by atoms with Crippen LogP contribution < -0.4 is 4.90 Å². The molecule has 2 heterocycles. The first-order valence-corrected chi connectivity index (χ1v) is 5.65. The van der Waals surface area contributed by atoms with Gasteiger partial charge in [-0.2, -0.15) is 15.0 Å². The van der Waals surface area contributed by atoms with Crippen molar-refractivity contribution in [1.82, 2.24) is 15.0 Å². The summed E-state index contributed by atoms with van der Waals surface area (Å²) in [6, 6.07) is 8.38. The molecular weight excluding hydrogens is 200 g/mol. The normalized spacial score (nSPS) is 15.6. The minimum Gasteiger partial charge on any atom is -0.371 e. The molecule has 0 aliphatic carbocycles. The van der Waals surface area contributed by atoms with E-state index in [0.717, 1.165) is 18.8 Å². The highest BCUT2D eigenvalue weighted by atomic mass is 15.5. The molecule has 1 aliphatic heterocycles. The van der Waals surface area contributed by atoms with Crippen LogP contribution in [0.2, 0.25) is 0 Å². The van der Waals surface area contributed by atoms with Crippen molar-refractivity contribution in [2.75, 3.05) is 18.0 Å². The Morgan fingerprint density at radius 3 is 2.38 bits per heavy atom. The average molecular weight is 214 g/mol. The number of rotatable bonds is 2. The van der Waals surface area contributed by atoms with Gasteiger partial charge < -0.3 is 4.90 Å². The number of nitrogens with zero attached hydrogens (tertiary/aromatic N) is 4. The van der Waals surface area contributed by atoms with Crippen molar-refractivity contribution in [3.63, 3.8) is 0 Å². The third-order valence-corrected chi connectivity index (χ3v) is 2.95. The minimum absolute atomic E-state index is 1.02. The Kier molecular flexibility index (Phi) is 2.33. The Morgan fingerprint density at radius 2 is 1.62 bits per heavy atom. The van der Waals surface area contributed by atoms with Gasteiger partial charge in [-0.1, -0.05) is 6.07 Å². The average Bonchev–Trinajstić information content (AvgIpc) is 3.03. The molecule has 16 heavy (non-hydrogen) atoms. The van der Waals surface area contributed by atoms with Gasteiger partial charge in [0, 0.05) is 18.8 Å². The highest BCUT2D eigenvalue weighted by Crippen LogP contribution is 2.21. The van der Waals surface area contributed by atoms with Crippen LogP contribution in [0.4, 0.5) is 5.69 Å². The number of benzene rings is 1. The van der Waals surface area contributed by atoms with Crippen molar-refractivity contribution in [1.29, 1.82) is 0 Å². The number of aromatic nitrogens is 3. The molecule has 1 aromatic carbocycles. The van der Waals surface area contributed by atoms with Crippen molar-refractivity contribution >= 4 is 5.69 Å². The van der Waals surface area contributed by atoms with E-state index < -0.39 is 0 Å². The minimum atomic E-state index is 1.02.